The summed E-state index contributed by atoms with van der Waals surface area (Å²) in [7, 11) is 0. The lowest BCUT2D eigenvalue weighted by Gasteiger charge is -2.19. The minimum Gasteiger partial charge on any atom is -0.421 e. The molecule has 8 aromatic rings. The number of rotatable bonds is 6. The zero-order valence-electron chi connectivity index (χ0n) is 26.7. The van der Waals surface area contributed by atoms with Crippen LogP contribution in [0.5, 0.6) is 0 Å². The van der Waals surface area contributed by atoms with E-state index in [1.165, 1.54) is 44.2 Å². The van der Waals surface area contributed by atoms with Gasteiger partial charge >= 0.3 is 0 Å². The summed E-state index contributed by atoms with van der Waals surface area (Å²) in [6.07, 6.45) is 0. The van der Waals surface area contributed by atoms with E-state index >= 15 is 0 Å². The Kier molecular flexibility index (Phi) is 7.85. The van der Waals surface area contributed by atoms with Crippen molar-refractivity contribution in [3.8, 4) is 44.5 Å². The minimum absolute atomic E-state index is 0.0472. The molecule has 3 nitrogen and oxygen atoms in total. The number of fused-ring (bicyclic) bond motifs is 2. The van der Waals surface area contributed by atoms with Crippen LogP contribution in [0.2, 0.25) is 0 Å². The predicted molar refractivity (Wildman–Crippen MR) is 204 cm³/mol. The smallest absolute Gasteiger partial charge is 0.221 e. The zero-order valence-corrected chi connectivity index (χ0v) is 26.7. The van der Waals surface area contributed by atoms with Crippen molar-refractivity contribution in [2.24, 2.45) is 0 Å². The SMILES string of the molecule is N=C(OC(=N)c1ccc(-c2c3ccccc3c(-c3cc(-c4ccccc4)cc(-c4ccccc4)c3)c3ccccc23)cc1)c1ccccc1. The van der Waals surface area contributed by atoms with Gasteiger partial charge in [-0.3, -0.25) is 10.8 Å². The van der Waals surface area contributed by atoms with Gasteiger partial charge in [-0.1, -0.05) is 140 Å². The topological polar surface area (TPSA) is 56.9 Å². The third kappa shape index (κ3) is 5.79. The summed E-state index contributed by atoms with van der Waals surface area (Å²) in [4.78, 5) is 0. The van der Waals surface area contributed by atoms with Gasteiger partial charge in [-0.2, -0.15) is 0 Å². The lowest BCUT2D eigenvalue weighted by atomic mass is 9.84. The highest BCUT2D eigenvalue weighted by molar-refractivity contribution is 6.21. The minimum atomic E-state index is -0.0574. The third-order valence-electron chi connectivity index (χ3n) is 9.04. The fraction of sp³-hybridized carbons (Fsp3) is 0. The van der Waals surface area contributed by atoms with Gasteiger partial charge in [0.1, 0.15) is 0 Å². The van der Waals surface area contributed by atoms with Crippen LogP contribution in [0.25, 0.3) is 66.1 Å². The van der Waals surface area contributed by atoms with Gasteiger partial charge in [0.05, 0.1) is 0 Å². The Bertz CT molecular complexity index is 2350. The van der Waals surface area contributed by atoms with Gasteiger partial charge in [-0.15, -0.1) is 0 Å². The molecule has 0 saturated heterocycles. The highest BCUT2D eigenvalue weighted by atomic mass is 16.5. The quantitative estimate of drug-likeness (QED) is 0.107. The molecule has 232 valence electrons. The second kappa shape index (κ2) is 12.9. The number of hydrogen-bond donors (Lipinski definition) is 2. The van der Waals surface area contributed by atoms with Crippen LogP contribution in [0.1, 0.15) is 11.1 Å². The first-order valence-electron chi connectivity index (χ1n) is 16.3. The fourth-order valence-corrected chi connectivity index (χ4v) is 6.71. The number of benzene rings is 8. The molecule has 0 aliphatic carbocycles. The van der Waals surface area contributed by atoms with Gasteiger partial charge in [0.25, 0.3) is 0 Å². The van der Waals surface area contributed by atoms with E-state index < -0.39 is 0 Å². The van der Waals surface area contributed by atoms with Gasteiger partial charge in [0, 0.05) is 11.1 Å². The maximum Gasteiger partial charge on any atom is 0.221 e. The fourth-order valence-electron chi connectivity index (χ4n) is 6.71. The van der Waals surface area contributed by atoms with Crippen molar-refractivity contribution in [3.63, 3.8) is 0 Å². The molecular formula is C46H32N2O. The Labute approximate surface area is 285 Å². The Balaban J connectivity index is 1.28. The third-order valence-corrected chi connectivity index (χ3v) is 9.04. The molecule has 0 bridgehead atoms. The molecule has 0 saturated carbocycles. The molecule has 0 atom stereocenters. The van der Waals surface area contributed by atoms with Gasteiger partial charge in [0.2, 0.25) is 11.8 Å². The largest absolute Gasteiger partial charge is 0.421 e. The molecule has 3 heteroatoms. The monoisotopic (exact) mass is 628 g/mol. The average Bonchev–Trinajstić information content (AvgIpc) is 3.17. The highest BCUT2D eigenvalue weighted by Crippen LogP contribution is 2.45. The number of ether oxygens (including phenoxy) is 1. The number of hydrogen-bond acceptors (Lipinski definition) is 3. The van der Waals surface area contributed by atoms with Gasteiger partial charge in [-0.05, 0) is 109 Å². The molecule has 0 spiro atoms. The lowest BCUT2D eigenvalue weighted by Crippen LogP contribution is -2.12. The normalized spacial score (nSPS) is 11.0. The molecule has 0 aliphatic heterocycles. The van der Waals surface area contributed by atoms with Crippen LogP contribution in [0.3, 0.4) is 0 Å². The van der Waals surface area contributed by atoms with Gasteiger partial charge < -0.3 is 4.74 Å². The van der Waals surface area contributed by atoms with Crippen LogP contribution in [-0.2, 0) is 4.74 Å². The Hall–Kier alpha value is -6.58. The zero-order chi connectivity index (χ0) is 33.2. The summed E-state index contributed by atoms with van der Waals surface area (Å²) < 4.78 is 5.62. The van der Waals surface area contributed by atoms with Crippen molar-refractivity contribution in [2.45, 2.75) is 0 Å². The summed E-state index contributed by atoms with van der Waals surface area (Å²) in [6, 6.07) is 62.6. The highest BCUT2D eigenvalue weighted by Gasteiger charge is 2.18. The average molecular weight is 629 g/mol. The Morgan fingerprint density at radius 2 is 0.653 bits per heavy atom. The molecule has 0 aliphatic rings. The summed E-state index contributed by atoms with van der Waals surface area (Å²) >= 11 is 0. The van der Waals surface area contributed by atoms with E-state index in [0.717, 1.165) is 21.9 Å². The first kappa shape index (κ1) is 29.8. The summed E-state index contributed by atoms with van der Waals surface area (Å²) in [6.45, 7) is 0. The Morgan fingerprint density at radius 1 is 0.306 bits per heavy atom. The van der Waals surface area contributed by atoms with Gasteiger partial charge in [-0.25, -0.2) is 0 Å². The van der Waals surface area contributed by atoms with Crippen molar-refractivity contribution in [1.29, 1.82) is 10.8 Å². The molecule has 0 heterocycles. The molecule has 0 radical (unpaired) electrons. The lowest BCUT2D eigenvalue weighted by molar-refractivity contribution is 0.538. The first-order valence-corrected chi connectivity index (χ1v) is 16.3. The Morgan fingerprint density at radius 3 is 1.10 bits per heavy atom. The second-order valence-electron chi connectivity index (χ2n) is 12.1. The van der Waals surface area contributed by atoms with E-state index in [-0.39, 0.29) is 11.8 Å². The maximum absolute atomic E-state index is 8.57. The summed E-state index contributed by atoms with van der Waals surface area (Å²) in [5.74, 6) is -0.105. The van der Waals surface area contributed by atoms with Crippen molar-refractivity contribution >= 4 is 33.3 Å². The molecule has 8 aromatic carbocycles. The van der Waals surface area contributed by atoms with E-state index in [0.29, 0.717) is 11.1 Å². The molecule has 8 rings (SSSR count). The van der Waals surface area contributed by atoms with Crippen molar-refractivity contribution < 1.29 is 4.74 Å². The van der Waals surface area contributed by atoms with Crippen molar-refractivity contribution in [1.82, 2.24) is 0 Å². The van der Waals surface area contributed by atoms with E-state index in [2.05, 4.69) is 140 Å². The van der Waals surface area contributed by atoms with E-state index in [1.54, 1.807) is 12.1 Å². The van der Waals surface area contributed by atoms with E-state index in [4.69, 9.17) is 15.6 Å². The van der Waals surface area contributed by atoms with Gasteiger partial charge in [0.15, 0.2) is 0 Å². The molecule has 49 heavy (non-hydrogen) atoms. The number of nitrogens with one attached hydrogen (secondary N) is 2. The van der Waals surface area contributed by atoms with Crippen LogP contribution in [-0.4, -0.2) is 11.8 Å². The molecule has 0 aromatic heterocycles. The molecule has 2 N–H and O–H groups in total. The summed E-state index contributed by atoms with van der Waals surface area (Å²) in [5, 5.41) is 21.6. The van der Waals surface area contributed by atoms with Crippen LogP contribution in [0, 0.1) is 10.8 Å². The molecule has 0 fully saturated rings. The first-order chi connectivity index (χ1) is 24.1. The van der Waals surface area contributed by atoms with Crippen LogP contribution in [0.15, 0.2) is 182 Å². The van der Waals surface area contributed by atoms with Crippen LogP contribution >= 0.6 is 0 Å². The standard InChI is InChI=1S/C46H32N2O/c47-45(34-18-8-3-9-19-34)49-46(48)35-26-24-33(25-27-35)43-39-20-10-12-22-41(39)44(42-23-13-11-21-40(42)43)38-29-36(31-14-4-1-5-15-31)28-37(30-38)32-16-6-2-7-17-32/h1-30,47-48H. The van der Waals surface area contributed by atoms with E-state index in [1.807, 2.05) is 30.3 Å². The molecular weight excluding hydrogens is 597 g/mol. The maximum atomic E-state index is 8.57. The second-order valence-corrected chi connectivity index (χ2v) is 12.1. The predicted octanol–water partition coefficient (Wildman–Crippen LogP) is 12.0. The van der Waals surface area contributed by atoms with Crippen molar-refractivity contribution in [2.75, 3.05) is 0 Å². The molecule has 0 amide bonds. The molecule has 0 unspecified atom stereocenters. The van der Waals surface area contributed by atoms with Crippen LogP contribution < -0.4 is 0 Å². The summed E-state index contributed by atoms with van der Waals surface area (Å²) in [5.41, 5.74) is 10.5. The van der Waals surface area contributed by atoms with E-state index in [9.17, 15) is 0 Å². The van der Waals surface area contributed by atoms with Crippen molar-refractivity contribution in [3.05, 3.63) is 193 Å². The van der Waals surface area contributed by atoms with Crippen LogP contribution in [0.4, 0.5) is 0 Å².